The van der Waals surface area contributed by atoms with Crippen molar-refractivity contribution in [2.75, 3.05) is 39.8 Å². The highest BCUT2D eigenvalue weighted by atomic mass is 16.4. The molecule has 2 aliphatic heterocycles. The standard InChI is InChI=1S/C28H41N5O4/c1-31-25(34)17-24(26(31)21-3-2-9-29-18-21)27(35)30-10-8-19-15-23(16-19)33-13-11-32(12-14-33)22-6-4-20(5-7-22)28(36)37/h2-3,9,18-20,22-24,26H,4-8,10-17H2,1H3,(H,30,35)(H,36,37)/t19?,20?,22?,23?,24-,26+/m0/s1. The Morgan fingerprint density at radius 2 is 1.73 bits per heavy atom. The number of rotatable bonds is 8. The number of nitrogens with one attached hydrogen (secondary N) is 1. The van der Waals surface area contributed by atoms with E-state index in [-0.39, 0.29) is 36.1 Å². The molecule has 1 aromatic rings. The Hall–Kier alpha value is -2.52. The van der Waals surface area contributed by atoms with Gasteiger partial charge < -0.3 is 15.3 Å². The average molecular weight is 512 g/mol. The van der Waals surface area contributed by atoms with Gasteiger partial charge in [0, 0.05) is 70.7 Å². The average Bonchev–Trinajstić information content (AvgIpc) is 3.20. The summed E-state index contributed by atoms with van der Waals surface area (Å²) in [7, 11) is 1.77. The van der Waals surface area contributed by atoms with Crippen molar-refractivity contribution in [2.45, 2.75) is 69.5 Å². The van der Waals surface area contributed by atoms with Gasteiger partial charge in [-0.05, 0) is 62.5 Å². The first kappa shape index (κ1) is 26.1. The van der Waals surface area contributed by atoms with Gasteiger partial charge in [-0.25, -0.2) is 0 Å². The van der Waals surface area contributed by atoms with E-state index in [2.05, 4.69) is 20.1 Å². The van der Waals surface area contributed by atoms with Crippen molar-refractivity contribution in [3.63, 3.8) is 0 Å². The van der Waals surface area contributed by atoms with Gasteiger partial charge in [0.15, 0.2) is 0 Å². The molecule has 3 heterocycles. The number of carboxylic acid groups (broad SMARTS) is 1. The second-order valence-electron chi connectivity index (χ2n) is 11.5. The van der Waals surface area contributed by atoms with Crippen LogP contribution in [0.2, 0.25) is 0 Å². The Kier molecular flexibility index (Phi) is 8.09. The molecular weight excluding hydrogens is 470 g/mol. The van der Waals surface area contributed by atoms with Crippen LogP contribution in [-0.4, -0.2) is 94.4 Å². The van der Waals surface area contributed by atoms with Gasteiger partial charge in [-0.15, -0.1) is 0 Å². The summed E-state index contributed by atoms with van der Waals surface area (Å²) in [5.74, 6) is -0.515. The first-order valence-electron chi connectivity index (χ1n) is 14.0. The van der Waals surface area contributed by atoms with E-state index >= 15 is 0 Å². The summed E-state index contributed by atoms with van der Waals surface area (Å²) >= 11 is 0. The molecule has 4 fully saturated rings. The minimum absolute atomic E-state index is 0.00359. The number of amides is 2. The van der Waals surface area contributed by atoms with Crippen molar-refractivity contribution >= 4 is 17.8 Å². The van der Waals surface area contributed by atoms with Gasteiger partial charge in [-0.1, -0.05) is 6.07 Å². The number of piperazine rings is 1. The highest BCUT2D eigenvalue weighted by Gasteiger charge is 2.43. The fourth-order valence-corrected chi connectivity index (χ4v) is 7.03. The van der Waals surface area contributed by atoms with E-state index in [0.29, 0.717) is 24.5 Å². The van der Waals surface area contributed by atoms with Crippen LogP contribution in [0, 0.1) is 17.8 Å². The maximum atomic E-state index is 13.0. The van der Waals surface area contributed by atoms with Crippen molar-refractivity contribution in [1.29, 1.82) is 0 Å². The smallest absolute Gasteiger partial charge is 0.306 e. The maximum absolute atomic E-state index is 13.0. The molecule has 0 bridgehead atoms. The number of aromatic nitrogens is 1. The van der Waals surface area contributed by atoms with E-state index in [9.17, 15) is 19.5 Å². The number of hydrogen-bond donors (Lipinski definition) is 2. The number of hydrogen-bond acceptors (Lipinski definition) is 6. The van der Waals surface area contributed by atoms with Gasteiger partial charge in [0.25, 0.3) is 0 Å². The summed E-state index contributed by atoms with van der Waals surface area (Å²) in [6.07, 6.45) is 10.8. The molecule has 2 saturated carbocycles. The summed E-state index contributed by atoms with van der Waals surface area (Å²) in [5, 5.41) is 12.3. The number of nitrogens with zero attached hydrogens (tertiary/aromatic N) is 4. The monoisotopic (exact) mass is 511 g/mol. The largest absolute Gasteiger partial charge is 0.481 e. The van der Waals surface area contributed by atoms with E-state index in [1.54, 1.807) is 24.3 Å². The molecule has 5 rings (SSSR count). The van der Waals surface area contributed by atoms with Crippen molar-refractivity contribution in [1.82, 2.24) is 25.0 Å². The molecular formula is C28H41N5O4. The van der Waals surface area contributed by atoms with Gasteiger partial charge in [0.1, 0.15) is 0 Å². The molecule has 9 nitrogen and oxygen atoms in total. The molecule has 2 saturated heterocycles. The zero-order chi connectivity index (χ0) is 25.9. The molecule has 9 heteroatoms. The molecule has 2 amide bonds. The predicted octanol–water partition coefficient (Wildman–Crippen LogP) is 2.15. The third-order valence-corrected chi connectivity index (χ3v) is 9.44. The lowest BCUT2D eigenvalue weighted by atomic mass is 9.77. The lowest BCUT2D eigenvalue weighted by molar-refractivity contribution is -0.143. The van der Waals surface area contributed by atoms with Crippen LogP contribution in [0.3, 0.4) is 0 Å². The Balaban J connectivity index is 0.995. The van der Waals surface area contributed by atoms with Crippen molar-refractivity contribution < 1.29 is 19.5 Å². The first-order valence-corrected chi connectivity index (χ1v) is 14.0. The minimum atomic E-state index is -0.627. The SMILES string of the molecule is CN1C(=O)C[C@H](C(=O)NCCC2CC(N3CCN(C4CCC(C(=O)O)CC4)CC3)C2)[C@H]1c1cccnc1. The van der Waals surface area contributed by atoms with Gasteiger partial charge in [0.05, 0.1) is 17.9 Å². The Labute approximate surface area is 219 Å². The van der Waals surface area contributed by atoms with Crippen LogP contribution in [0.4, 0.5) is 0 Å². The molecule has 0 radical (unpaired) electrons. The zero-order valence-corrected chi connectivity index (χ0v) is 21.9. The lowest BCUT2D eigenvalue weighted by Crippen LogP contribution is -2.56. The molecule has 0 unspecified atom stereocenters. The topological polar surface area (TPSA) is 106 Å². The lowest BCUT2D eigenvalue weighted by Gasteiger charge is -2.48. The molecule has 2 atom stereocenters. The zero-order valence-electron chi connectivity index (χ0n) is 21.9. The first-order chi connectivity index (χ1) is 17.9. The molecule has 0 aromatic carbocycles. The summed E-state index contributed by atoms with van der Waals surface area (Å²) < 4.78 is 0. The van der Waals surface area contributed by atoms with Crippen molar-refractivity contribution in [2.24, 2.45) is 17.8 Å². The number of pyridine rings is 1. The van der Waals surface area contributed by atoms with E-state index in [0.717, 1.165) is 63.8 Å². The molecule has 2 N–H and O–H groups in total. The summed E-state index contributed by atoms with van der Waals surface area (Å²) in [4.78, 5) is 47.6. The summed E-state index contributed by atoms with van der Waals surface area (Å²) in [6.45, 7) is 5.05. The van der Waals surface area contributed by atoms with Gasteiger partial charge in [-0.2, -0.15) is 0 Å². The number of aliphatic carboxylic acids is 1. The van der Waals surface area contributed by atoms with E-state index < -0.39 is 5.97 Å². The molecule has 2 aliphatic carbocycles. The van der Waals surface area contributed by atoms with Gasteiger partial charge in [-0.3, -0.25) is 29.2 Å². The Morgan fingerprint density at radius 3 is 2.35 bits per heavy atom. The van der Waals surface area contributed by atoms with Crippen LogP contribution < -0.4 is 5.32 Å². The molecule has 37 heavy (non-hydrogen) atoms. The highest BCUT2D eigenvalue weighted by Crippen LogP contribution is 2.38. The maximum Gasteiger partial charge on any atom is 0.306 e. The normalized spacial score (nSPS) is 33.2. The van der Waals surface area contributed by atoms with Crippen molar-refractivity contribution in [3.05, 3.63) is 30.1 Å². The fourth-order valence-electron chi connectivity index (χ4n) is 7.03. The van der Waals surface area contributed by atoms with Gasteiger partial charge in [0.2, 0.25) is 11.8 Å². The molecule has 202 valence electrons. The van der Waals surface area contributed by atoms with E-state index in [1.807, 2.05) is 12.1 Å². The van der Waals surface area contributed by atoms with Crippen LogP contribution in [-0.2, 0) is 14.4 Å². The summed E-state index contributed by atoms with van der Waals surface area (Å²) in [6, 6.07) is 4.75. The number of carbonyl (C=O) groups excluding carboxylic acids is 2. The number of carbonyl (C=O) groups is 3. The van der Waals surface area contributed by atoms with E-state index in [1.165, 1.54) is 12.8 Å². The minimum Gasteiger partial charge on any atom is -0.481 e. The number of likely N-dealkylation sites (tertiary alicyclic amines) is 1. The van der Waals surface area contributed by atoms with Crippen LogP contribution in [0.15, 0.2) is 24.5 Å². The van der Waals surface area contributed by atoms with Crippen LogP contribution >= 0.6 is 0 Å². The number of carboxylic acids is 1. The Morgan fingerprint density at radius 1 is 1.05 bits per heavy atom. The van der Waals surface area contributed by atoms with Gasteiger partial charge >= 0.3 is 5.97 Å². The van der Waals surface area contributed by atoms with Crippen LogP contribution in [0.1, 0.15) is 63.0 Å². The van der Waals surface area contributed by atoms with Crippen molar-refractivity contribution in [3.8, 4) is 0 Å². The fraction of sp³-hybridized carbons (Fsp3) is 0.714. The Bertz CT molecular complexity index is 953. The third-order valence-electron chi connectivity index (χ3n) is 9.44. The second-order valence-corrected chi connectivity index (χ2v) is 11.5. The van der Waals surface area contributed by atoms with E-state index in [4.69, 9.17) is 0 Å². The predicted molar refractivity (Wildman–Crippen MR) is 139 cm³/mol. The second kappa shape index (κ2) is 11.5. The molecule has 0 spiro atoms. The van der Waals surface area contributed by atoms with Crippen LogP contribution in [0.25, 0.3) is 0 Å². The quantitative estimate of drug-likeness (QED) is 0.551. The molecule has 1 aromatic heterocycles. The summed E-state index contributed by atoms with van der Waals surface area (Å²) in [5.41, 5.74) is 0.908. The van der Waals surface area contributed by atoms with Crippen LogP contribution in [0.5, 0.6) is 0 Å². The third kappa shape index (κ3) is 5.82. The highest BCUT2D eigenvalue weighted by molar-refractivity contribution is 5.90. The molecule has 4 aliphatic rings.